The minimum atomic E-state index is -3.51. The number of rotatable bonds is 10. The molecule has 2 aromatic carbocycles. The van der Waals surface area contributed by atoms with Gasteiger partial charge in [0.05, 0.1) is 12.8 Å². The Morgan fingerprint density at radius 2 is 1.15 bits per heavy atom. The molecule has 0 atom stereocenters. The average Bonchev–Trinajstić information content (AvgIpc) is 2.62. The quantitative estimate of drug-likeness (QED) is 0.560. The van der Waals surface area contributed by atoms with Crippen LogP contribution in [0.2, 0.25) is 0 Å². The molecule has 2 rings (SSSR count). The number of nitrogens with two attached hydrogens (primary N) is 1. The van der Waals surface area contributed by atoms with Crippen molar-refractivity contribution in [1.82, 2.24) is 0 Å². The number of aryl methyl sites for hydroxylation is 2. The molecular weight excluding hydrogens is 385 g/mol. The van der Waals surface area contributed by atoms with Crippen LogP contribution in [0.3, 0.4) is 0 Å². The van der Waals surface area contributed by atoms with E-state index in [-0.39, 0.29) is 12.8 Å². The molecule has 5 nitrogen and oxygen atoms in total. The largest absolute Gasteiger partial charge is 0.545 e. The first-order valence-corrected chi connectivity index (χ1v) is 11.4. The fraction of sp³-hybridized carbons (Fsp3) is 0.300. The number of carbonyl (C=O) groups excluding carboxylic acids is 2. The summed E-state index contributed by atoms with van der Waals surface area (Å²) in [4.78, 5) is 23.8. The van der Waals surface area contributed by atoms with Gasteiger partial charge < -0.3 is 0 Å². The van der Waals surface area contributed by atoms with E-state index in [0.717, 1.165) is 24.0 Å². The summed E-state index contributed by atoms with van der Waals surface area (Å²) in [6.45, 7) is 0. The van der Waals surface area contributed by atoms with Crippen molar-refractivity contribution in [2.75, 3.05) is 0 Å². The van der Waals surface area contributed by atoms with Crippen molar-refractivity contribution in [2.24, 2.45) is 5.50 Å². The summed E-state index contributed by atoms with van der Waals surface area (Å²) in [5, 5.41) is 0. The first-order valence-electron chi connectivity index (χ1n) is 8.84. The molecule has 0 radical (unpaired) electrons. The van der Waals surface area contributed by atoms with Crippen LogP contribution in [0.5, 0.6) is 0 Å². The molecule has 0 aliphatic carbocycles. The molecule has 7 heteroatoms. The van der Waals surface area contributed by atoms with Crippen molar-refractivity contribution in [3.8, 4) is 0 Å². The molecule has 0 saturated carbocycles. The molecule has 0 aliphatic rings. The lowest BCUT2D eigenvalue weighted by Gasteiger charge is -2.10. The van der Waals surface area contributed by atoms with Crippen LogP contribution >= 0.6 is 18.5 Å². The van der Waals surface area contributed by atoms with Crippen LogP contribution in [-0.2, 0) is 31.5 Å². The Kier molecular flexibility index (Phi) is 8.73. The van der Waals surface area contributed by atoms with Crippen LogP contribution in [-0.4, -0.2) is 11.9 Å². The monoisotopic (exact) mass is 408 g/mol. The van der Waals surface area contributed by atoms with E-state index in [2.05, 4.69) is 0 Å². The predicted molar refractivity (Wildman–Crippen MR) is 108 cm³/mol. The fourth-order valence-electron chi connectivity index (χ4n) is 2.55. The van der Waals surface area contributed by atoms with Crippen molar-refractivity contribution in [3.05, 3.63) is 71.8 Å². The SMILES string of the molecule is N[P+](Cl)(OC(=O)CCCc1ccccc1)OC(=O)CCCc1ccccc1. The number of hydrogen-bond acceptors (Lipinski definition) is 5. The molecule has 0 amide bonds. The van der Waals surface area contributed by atoms with Crippen molar-refractivity contribution in [3.63, 3.8) is 0 Å². The van der Waals surface area contributed by atoms with Crippen molar-refractivity contribution in [2.45, 2.75) is 38.5 Å². The minimum absolute atomic E-state index is 0.159. The summed E-state index contributed by atoms with van der Waals surface area (Å²) in [7, 11) is -3.51. The maximum Gasteiger partial charge on any atom is 0.545 e. The van der Waals surface area contributed by atoms with Crippen LogP contribution in [0.15, 0.2) is 60.7 Å². The normalized spacial score (nSPS) is 11.0. The minimum Gasteiger partial charge on any atom is -0.247 e. The Labute approximate surface area is 165 Å². The van der Waals surface area contributed by atoms with Crippen molar-refractivity contribution >= 4 is 30.4 Å². The van der Waals surface area contributed by atoms with E-state index < -0.39 is 19.2 Å². The van der Waals surface area contributed by atoms with Gasteiger partial charge in [0.1, 0.15) is 0 Å². The zero-order valence-corrected chi connectivity index (χ0v) is 16.7. The smallest absolute Gasteiger partial charge is 0.247 e. The van der Waals surface area contributed by atoms with Gasteiger partial charge in [0.2, 0.25) is 0 Å². The van der Waals surface area contributed by atoms with Gasteiger partial charge in [-0.1, -0.05) is 60.7 Å². The summed E-state index contributed by atoms with van der Waals surface area (Å²) in [6, 6.07) is 19.6. The summed E-state index contributed by atoms with van der Waals surface area (Å²) in [6.07, 6.45) is 3.01. The van der Waals surface area contributed by atoms with Gasteiger partial charge in [0.25, 0.3) is 0 Å². The highest BCUT2D eigenvalue weighted by Gasteiger charge is 2.43. The van der Waals surface area contributed by atoms with E-state index in [1.54, 1.807) is 0 Å². The molecule has 0 spiro atoms. The molecule has 0 heterocycles. The van der Waals surface area contributed by atoms with Gasteiger partial charge in [-0.25, -0.2) is 18.6 Å². The zero-order valence-electron chi connectivity index (χ0n) is 15.1. The van der Waals surface area contributed by atoms with Crippen LogP contribution in [0.1, 0.15) is 36.8 Å². The van der Waals surface area contributed by atoms with E-state index in [4.69, 9.17) is 25.8 Å². The lowest BCUT2D eigenvalue weighted by atomic mass is 10.1. The lowest BCUT2D eigenvalue weighted by molar-refractivity contribution is -0.137. The number of carbonyl (C=O) groups is 2. The third-order valence-electron chi connectivity index (χ3n) is 3.83. The van der Waals surface area contributed by atoms with Gasteiger partial charge in [0.15, 0.2) is 11.2 Å². The molecule has 0 aliphatic heterocycles. The first kappa shape index (κ1) is 21.4. The Balaban J connectivity index is 1.65. The zero-order chi connectivity index (χ0) is 19.5. The molecule has 2 N–H and O–H groups in total. The molecule has 0 aromatic heterocycles. The maximum absolute atomic E-state index is 11.9. The molecule has 0 saturated heterocycles. The van der Waals surface area contributed by atoms with Crippen LogP contribution in [0.25, 0.3) is 0 Å². The topological polar surface area (TPSA) is 78.6 Å². The molecule has 144 valence electrons. The predicted octanol–water partition coefficient (Wildman–Crippen LogP) is 4.99. The Morgan fingerprint density at radius 3 is 1.52 bits per heavy atom. The molecular formula is C20H24ClNO4P+. The van der Waals surface area contributed by atoms with Gasteiger partial charge in [-0.15, -0.1) is 5.50 Å². The molecule has 27 heavy (non-hydrogen) atoms. The van der Waals surface area contributed by atoms with Gasteiger partial charge in [-0.2, -0.15) is 0 Å². The van der Waals surface area contributed by atoms with E-state index in [9.17, 15) is 9.59 Å². The number of hydrogen-bond donors (Lipinski definition) is 1. The van der Waals surface area contributed by atoms with Crippen LogP contribution in [0.4, 0.5) is 0 Å². The second-order valence-corrected chi connectivity index (χ2v) is 8.95. The van der Waals surface area contributed by atoms with Gasteiger partial charge in [-0.05, 0) is 36.8 Å². The Bertz CT molecular complexity index is 664. The van der Waals surface area contributed by atoms with Gasteiger partial charge in [0, 0.05) is 0 Å². The van der Waals surface area contributed by atoms with Gasteiger partial charge >= 0.3 is 19.2 Å². The van der Waals surface area contributed by atoms with E-state index in [1.807, 2.05) is 60.7 Å². The maximum atomic E-state index is 11.9. The highest BCUT2D eigenvalue weighted by Crippen LogP contribution is 2.59. The standard InChI is InChI=1S/C20H24ClNO4P/c21-27(22,25-19(23)15-7-13-17-9-3-1-4-10-17)26-20(24)16-8-14-18-11-5-2-6-12-18/h1-6,9-12H,7-8,13-16,22H2/q+1. The fourth-order valence-corrected chi connectivity index (χ4v) is 3.79. The lowest BCUT2D eigenvalue weighted by Crippen LogP contribution is -2.15. The van der Waals surface area contributed by atoms with Crippen LogP contribution < -0.4 is 5.50 Å². The number of halogens is 1. The molecule has 0 unspecified atom stereocenters. The van der Waals surface area contributed by atoms with Crippen molar-refractivity contribution < 1.29 is 18.6 Å². The third kappa shape index (κ3) is 9.00. The average molecular weight is 409 g/mol. The second kappa shape index (κ2) is 11.0. The van der Waals surface area contributed by atoms with Crippen LogP contribution in [0, 0.1) is 0 Å². The highest BCUT2D eigenvalue weighted by atomic mass is 35.7. The van der Waals surface area contributed by atoms with E-state index in [1.165, 1.54) is 0 Å². The molecule has 0 fully saturated rings. The van der Waals surface area contributed by atoms with Crippen molar-refractivity contribution in [1.29, 1.82) is 0 Å². The number of benzene rings is 2. The highest BCUT2D eigenvalue weighted by molar-refractivity contribution is 7.90. The first-order chi connectivity index (χ1) is 12.9. The second-order valence-electron chi connectivity index (χ2n) is 6.13. The summed E-state index contributed by atoms with van der Waals surface area (Å²) < 4.78 is 9.97. The Hall–Kier alpha value is -1.94. The Morgan fingerprint density at radius 1 is 0.778 bits per heavy atom. The summed E-state index contributed by atoms with van der Waals surface area (Å²) in [5.74, 6) is -1.12. The van der Waals surface area contributed by atoms with Gasteiger partial charge in [-0.3, -0.25) is 0 Å². The third-order valence-corrected chi connectivity index (χ3v) is 5.15. The van der Waals surface area contributed by atoms with E-state index >= 15 is 0 Å². The summed E-state index contributed by atoms with van der Waals surface area (Å²) in [5.41, 5.74) is 7.94. The summed E-state index contributed by atoms with van der Waals surface area (Å²) >= 11 is 5.92. The molecule has 0 bridgehead atoms. The van der Waals surface area contributed by atoms with E-state index in [0.29, 0.717) is 12.8 Å². The molecule has 2 aromatic rings.